The van der Waals surface area contributed by atoms with Crippen molar-refractivity contribution < 1.29 is 12.8 Å². The van der Waals surface area contributed by atoms with Gasteiger partial charge in [-0.3, -0.25) is 4.72 Å². The van der Waals surface area contributed by atoms with Crippen molar-refractivity contribution in [1.82, 2.24) is 0 Å². The van der Waals surface area contributed by atoms with Crippen LogP contribution < -0.4 is 10.0 Å². The number of benzene rings is 3. The fraction of sp³-hybridized carbons (Fsp3) is 0.100. The molecular weight excluding hydrogens is 351 g/mol. The van der Waals surface area contributed by atoms with Crippen molar-refractivity contribution in [2.45, 2.75) is 18.4 Å². The predicted octanol–water partition coefficient (Wildman–Crippen LogP) is 4.55. The summed E-state index contributed by atoms with van der Waals surface area (Å²) < 4.78 is 40.5. The Labute approximate surface area is 152 Å². The Bertz CT molecular complexity index is 985. The van der Waals surface area contributed by atoms with Gasteiger partial charge in [0.25, 0.3) is 10.0 Å². The molecule has 2 N–H and O–H groups in total. The Morgan fingerprint density at radius 1 is 0.846 bits per heavy atom. The molecule has 0 aliphatic carbocycles. The van der Waals surface area contributed by atoms with E-state index in [2.05, 4.69) is 10.0 Å². The van der Waals surface area contributed by atoms with Crippen molar-refractivity contribution in [1.29, 1.82) is 0 Å². The zero-order valence-corrected chi connectivity index (χ0v) is 15.1. The quantitative estimate of drug-likeness (QED) is 0.669. The summed E-state index contributed by atoms with van der Waals surface area (Å²) in [6.07, 6.45) is 0. The highest BCUT2D eigenvalue weighted by molar-refractivity contribution is 7.92. The number of anilines is 2. The topological polar surface area (TPSA) is 58.2 Å². The van der Waals surface area contributed by atoms with E-state index in [9.17, 15) is 12.8 Å². The molecule has 0 saturated carbocycles. The molecule has 0 bridgehead atoms. The third kappa shape index (κ3) is 4.40. The Kier molecular flexibility index (Phi) is 5.23. The molecule has 0 aliphatic heterocycles. The summed E-state index contributed by atoms with van der Waals surface area (Å²) in [7, 11) is -3.62. The first-order valence-corrected chi connectivity index (χ1v) is 9.59. The van der Waals surface area contributed by atoms with E-state index in [1.165, 1.54) is 12.1 Å². The van der Waals surface area contributed by atoms with Crippen LogP contribution in [-0.4, -0.2) is 8.42 Å². The van der Waals surface area contributed by atoms with Crippen molar-refractivity contribution in [2.75, 3.05) is 10.0 Å². The lowest BCUT2D eigenvalue weighted by Crippen LogP contribution is -2.14. The number of hydrogen-bond acceptors (Lipinski definition) is 3. The zero-order valence-electron chi connectivity index (χ0n) is 14.2. The largest absolute Gasteiger partial charge is 0.381 e. The van der Waals surface area contributed by atoms with E-state index in [0.29, 0.717) is 17.8 Å². The molecule has 0 heterocycles. The van der Waals surface area contributed by atoms with Gasteiger partial charge >= 0.3 is 0 Å². The smallest absolute Gasteiger partial charge is 0.262 e. The second-order valence-electron chi connectivity index (χ2n) is 5.93. The van der Waals surface area contributed by atoms with Crippen LogP contribution in [0.2, 0.25) is 0 Å². The van der Waals surface area contributed by atoms with E-state index in [4.69, 9.17) is 0 Å². The highest BCUT2D eigenvalue weighted by atomic mass is 32.2. The second kappa shape index (κ2) is 7.58. The van der Waals surface area contributed by atoms with Crippen molar-refractivity contribution in [3.63, 3.8) is 0 Å². The average molecular weight is 370 g/mol. The van der Waals surface area contributed by atoms with Crippen LogP contribution in [0.5, 0.6) is 0 Å². The van der Waals surface area contributed by atoms with Crippen LogP contribution in [0.1, 0.15) is 11.1 Å². The standard InChI is InChI=1S/C20H19FN2O2S/c1-15-4-2-3-5-20(15)26(24,25)23-19-12-10-18(11-13-19)22-14-16-6-8-17(21)9-7-16/h2-13,22-23H,14H2,1H3. The zero-order chi connectivity index (χ0) is 18.6. The summed E-state index contributed by atoms with van der Waals surface area (Å²) in [6, 6.07) is 20.1. The van der Waals surface area contributed by atoms with Gasteiger partial charge in [0, 0.05) is 17.9 Å². The van der Waals surface area contributed by atoms with Gasteiger partial charge in [-0.25, -0.2) is 12.8 Å². The minimum atomic E-state index is -3.62. The summed E-state index contributed by atoms with van der Waals surface area (Å²) >= 11 is 0. The molecule has 3 aromatic carbocycles. The van der Waals surface area contributed by atoms with E-state index < -0.39 is 10.0 Å². The van der Waals surface area contributed by atoms with Gasteiger partial charge in [-0.05, 0) is 60.5 Å². The Hall–Kier alpha value is -2.86. The SMILES string of the molecule is Cc1ccccc1S(=O)(=O)Nc1ccc(NCc2ccc(F)cc2)cc1. The summed E-state index contributed by atoms with van der Waals surface area (Å²) in [4.78, 5) is 0.263. The number of hydrogen-bond donors (Lipinski definition) is 2. The molecule has 0 radical (unpaired) electrons. The Morgan fingerprint density at radius 3 is 2.12 bits per heavy atom. The molecule has 0 spiro atoms. The lowest BCUT2D eigenvalue weighted by atomic mass is 10.2. The molecule has 3 rings (SSSR count). The summed E-state index contributed by atoms with van der Waals surface area (Å²) in [5.74, 6) is -0.265. The van der Waals surface area contributed by atoms with Crippen LogP contribution in [-0.2, 0) is 16.6 Å². The van der Waals surface area contributed by atoms with Gasteiger partial charge in [-0.1, -0.05) is 30.3 Å². The minimum Gasteiger partial charge on any atom is -0.381 e. The molecule has 0 amide bonds. The number of nitrogens with one attached hydrogen (secondary N) is 2. The third-order valence-electron chi connectivity index (χ3n) is 3.93. The van der Waals surface area contributed by atoms with Crippen LogP contribution in [0.3, 0.4) is 0 Å². The van der Waals surface area contributed by atoms with Gasteiger partial charge in [-0.15, -0.1) is 0 Å². The highest BCUT2D eigenvalue weighted by Gasteiger charge is 2.16. The maximum absolute atomic E-state index is 12.9. The Morgan fingerprint density at radius 2 is 1.46 bits per heavy atom. The van der Waals surface area contributed by atoms with Gasteiger partial charge in [0.2, 0.25) is 0 Å². The van der Waals surface area contributed by atoms with Gasteiger partial charge in [0.05, 0.1) is 4.90 Å². The molecule has 26 heavy (non-hydrogen) atoms. The van der Waals surface area contributed by atoms with Crippen molar-refractivity contribution >= 4 is 21.4 Å². The highest BCUT2D eigenvalue weighted by Crippen LogP contribution is 2.20. The van der Waals surface area contributed by atoms with E-state index >= 15 is 0 Å². The lowest BCUT2D eigenvalue weighted by molar-refractivity contribution is 0.600. The molecule has 134 valence electrons. The number of sulfonamides is 1. The monoisotopic (exact) mass is 370 g/mol. The maximum atomic E-state index is 12.9. The molecule has 4 nitrogen and oxygen atoms in total. The minimum absolute atomic E-state index is 0.263. The first-order chi connectivity index (χ1) is 12.4. The van der Waals surface area contributed by atoms with Gasteiger partial charge in [0.15, 0.2) is 0 Å². The molecule has 0 aromatic heterocycles. The third-order valence-corrected chi connectivity index (χ3v) is 5.47. The van der Waals surface area contributed by atoms with E-state index in [1.807, 2.05) is 0 Å². The van der Waals surface area contributed by atoms with E-state index in [-0.39, 0.29) is 10.7 Å². The number of aryl methyl sites for hydroxylation is 1. The molecule has 0 saturated heterocycles. The molecule has 0 aliphatic rings. The summed E-state index contributed by atoms with van der Waals surface area (Å²) in [5.41, 5.74) is 2.97. The lowest BCUT2D eigenvalue weighted by Gasteiger charge is -2.11. The maximum Gasteiger partial charge on any atom is 0.262 e. The molecule has 6 heteroatoms. The Balaban J connectivity index is 1.66. The molecule has 3 aromatic rings. The first kappa shape index (κ1) is 17.9. The molecule has 0 unspecified atom stereocenters. The molecular formula is C20H19FN2O2S. The molecule has 0 fully saturated rings. The van der Waals surface area contributed by atoms with E-state index in [0.717, 1.165) is 11.3 Å². The molecule has 0 atom stereocenters. The van der Waals surface area contributed by atoms with Crippen LogP contribution in [0.15, 0.2) is 77.7 Å². The fourth-order valence-corrected chi connectivity index (χ4v) is 3.84. The second-order valence-corrected chi connectivity index (χ2v) is 7.58. The van der Waals surface area contributed by atoms with Crippen molar-refractivity contribution in [3.05, 3.63) is 89.7 Å². The van der Waals surface area contributed by atoms with E-state index in [1.54, 1.807) is 67.6 Å². The fourth-order valence-electron chi connectivity index (χ4n) is 2.53. The van der Waals surface area contributed by atoms with Crippen LogP contribution in [0.4, 0.5) is 15.8 Å². The average Bonchev–Trinajstić information content (AvgIpc) is 2.62. The predicted molar refractivity (Wildman–Crippen MR) is 102 cm³/mol. The van der Waals surface area contributed by atoms with Gasteiger partial charge < -0.3 is 5.32 Å². The van der Waals surface area contributed by atoms with Crippen molar-refractivity contribution in [2.24, 2.45) is 0 Å². The number of rotatable bonds is 6. The normalized spacial score (nSPS) is 11.2. The van der Waals surface area contributed by atoms with Crippen molar-refractivity contribution in [3.8, 4) is 0 Å². The van der Waals surface area contributed by atoms with Crippen LogP contribution in [0.25, 0.3) is 0 Å². The van der Waals surface area contributed by atoms with Gasteiger partial charge in [-0.2, -0.15) is 0 Å². The first-order valence-electron chi connectivity index (χ1n) is 8.11. The summed E-state index contributed by atoms with van der Waals surface area (Å²) in [6.45, 7) is 2.31. The van der Waals surface area contributed by atoms with Crippen LogP contribution >= 0.6 is 0 Å². The van der Waals surface area contributed by atoms with Crippen LogP contribution in [0, 0.1) is 12.7 Å². The number of halogens is 1. The summed E-state index contributed by atoms with van der Waals surface area (Å²) in [5, 5.41) is 3.21. The van der Waals surface area contributed by atoms with Gasteiger partial charge in [0.1, 0.15) is 5.82 Å².